The van der Waals surface area contributed by atoms with Crippen molar-refractivity contribution < 1.29 is 0 Å². The summed E-state index contributed by atoms with van der Waals surface area (Å²) in [5.41, 5.74) is 0. The molecule has 154 valence electrons. The van der Waals surface area contributed by atoms with E-state index in [1.54, 1.807) is 0 Å². The predicted molar refractivity (Wildman–Crippen MR) is 121 cm³/mol. The van der Waals surface area contributed by atoms with Crippen molar-refractivity contribution in [1.29, 1.82) is 0 Å². The molecule has 0 bridgehead atoms. The Labute approximate surface area is 171 Å². The lowest BCUT2D eigenvalue weighted by Crippen LogP contribution is -2.28. The van der Waals surface area contributed by atoms with Crippen LogP contribution in [0.4, 0.5) is 0 Å². The van der Waals surface area contributed by atoms with Crippen molar-refractivity contribution in [3.05, 3.63) is 24.4 Å². The number of rotatable bonds is 17. The minimum atomic E-state index is 0. The van der Waals surface area contributed by atoms with Crippen LogP contribution in [0.15, 0.2) is 24.4 Å². The minimum absolute atomic E-state index is 0. The number of allylic oxidation sites excluding steroid dienone is 2. The fourth-order valence-corrected chi connectivity index (χ4v) is 3.75. The van der Waals surface area contributed by atoms with Crippen LogP contribution in [0.1, 0.15) is 117 Å². The minimum Gasteiger partial charge on any atom is -0.371 e. The summed E-state index contributed by atoms with van der Waals surface area (Å²) in [6.45, 7) is 5.80. The molecule has 0 aromatic rings. The molecule has 2 heteroatoms. The summed E-state index contributed by atoms with van der Waals surface area (Å²) in [5.74, 6) is 0. The molecule has 0 saturated heterocycles. The Morgan fingerprint density at radius 2 is 1.04 bits per heavy atom. The van der Waals surface area contributed by atoms with Crippen LogP contribution in [-0.4, -0.2) is 17.5 Å². The second-order valence-electron chi connectivity index (χ2n) is 8.01. The van der Waals surface area contributed by atoms with Gasteiger partial charge >= 0.3 is 0 Å². The molecule has 0 N–H and O–H groups in total. The molecule has 0 fully saturated rings. The molecule has 1 rings (SSSR count). The van der Waals surface area contributed by atoms with Gasteiger partial charge in [0.2, 0.25) is 0 Å². The second-order valence-corrected chi connectivity index (χ2v) is 8.01. The zero-order valence-electron chi connectivity index (χ0n) is 17.8. The molecule has 0 spiro atoms. The molecule has 0 aliphatic carbocycles. The van der Waals surface area contributed by atoms with Gasteiger partial charge in [-0.15, -0.1) is 12.4 Å². The van der Waals surface area contributed by atoms with Gasteiger partial charge in [-0.3, -0.25) is 0 Å². The molecule has 1 aliphatic heterocycles. The molecule has 0 radical (unpaired) electrons. The van der Waals surface area contributed by atoms with Crippen molar-refractivity contribution in [2.75, 3.05) is 6.54 Å². The smallest absolute Gasteiger partial charge is 0.0442 e. The first-order valence-electron chi connectivity index (χ1n) is 11.5. The highest BCUT2D eigenvalue weighted by Crippen LogP contribution is 2.14. The Morgan fingerprint density at radius 1 is 0.615 bits per heavy atom. The highest BCUT2D eigenvalue weighted by atomic mass is 35.5. The van der Waals surface area contributed by atoms with E-state index in [9.17, 15) is 0 Å². The Bertz CT molecular complexity index is 337. The van der Waals surface area contributed by atoms with E-state index < -0.39 is 0 Å². The summed E-state index contributed by atoms with van der Waals surface area (Å²) in [6, 6.07) is 0.585. The summed E-state index contributed by atoms with van der Waals surface area (Å²) in [6.07, 6.45) is 32.0. The van der Waals surface area contributed by atoms with E-state index >= 15 is 0 Å². The first-order chi connectivity index (χ1) is 12.3. The Morgan fingerprint density at radius 3 is 1.46 bits per heavy atom. The van der Waals surface area contributed by atoms with E-state index in [2.05, 4.69) is 43.2 Å². The van der Waals surface area contributed by atoms with Crippen molar-refractivity contribution in [2.24, 2.45) is 0 Å². The normalized spacial score (nSPS) is 16.1. The van der Waals surface area contributed by atoms with Gasteiger partial charge in [0.05, 0.1) is 0 Å². The second kappa shape index (κ2) is 19.3. The largest absolute Gasteiger partial charge is 0.371 e. The average molecular weight is 384 g/mol. The Balaban J connectivity index is 0.00000625. The molecule has 26 heavy (non-hydrogen) atoms. The first kappa shape index (κ1) is 25.6. The van der Waals surface area contributed by atoms with Crippen molar-refractivity contribution >= 4 is 12.4 Å². The highest BCUT2D eigenvalue weighted by Gasteiger charge is 2.07. The molecule has 0 aromatic heterocycles. The van der Waals surface area contributed by atoms with Crippen LogP contribution in [-0.2, 0) is 0 Å². The predicted octanol–water partition coefficient (Wildman–Crippen LogP) is 8.44. The van der Waals surface area contributed by atoms with Gasteiger partial charge in [0, 0.05) is 12.6 Å². The fourth-order valence-electron chi connectivity index (χ4n) is 3.75. The lowest BCUT2D eigenvalue weighted by molar-refractivity contribution is 0.322. The summed E-state index contributed by atoms with van der Waals surface area (Å²) in [5, 5.41) is 0. The molecule has 1 nitrogen and oxygen atoms in total. The monoisotopic (exact) mass is 383 g/mol. The summed E-state index contributed by atoms with van der Waals surface area (Å²) in [4.78, 5) is 2.46. The zero-order chi connectivity index (χ0) is 18.0. The van der Waals surface area contributed by atoms with Crippen LogP contribution in [0, 0.1) is 0 Å². The van der Waals surface area contributed by atoms with Crippen LogP contribution in [0.5, 0.6) is 0 Å². The topological polar surface area (TPSA) is 3.24 Å². The van der Waals surface area contributed by atoms with Crippen LogP contribution in [0.2, 0.25) is 0 Å². The SMILES string of the molecule is CCCCCCCCCCCCCCCCCCN1C=CC=CC1C.Cl. The van der Waals surface area contributed by atoms with Crippen LogP contribution < -0.4 is 0 Å². The summed E-state index contributed by atoms with van der Waals surface area (Å²) >= 11 is 0. The van der Waals surface area contributed by atoms with E-state index in [0.717, 1.165) is 0 Å². The molecule has 0 aromatic carbocycles. The van der Waals surface area contributed by atoms with Gasteiger partial charge in [0.1, 0.15) is 0 Å². The molecule has 1 aliphatic rings. The van der Waals surface area contributed by atoms with Crippen molar-refractivity contribution in [3.63, 3.8) is 0 Å². The van der Waals surface area contributed by atoms with Crippen molar-refractivity contribution in [3.8, 4) is 0 Å². The maximum absolute atomic E-state index is 2.46. The maximum Gasteiger partial charge on any atom is 0.0442 e. The third-order valence-corrected chi connectivity index (χ3v) is 5.57. The van der Waals surface area contributed by atoms with E-state index in [1.165, 1.54) is 109 Å². The van der Waals surface area contributed by atoms with Crippen LogP contribution >= 0.6 is 12.4 Å². The molecule has 0 saturated carbocycles. The fraction of sp³-hybridized carbons (Fsp3) is 0.833. The van der Waals surface area contributed by atoms with Crippen molar-refractivity contribution in [1.82, 2.24) is 4.90 Å². The van der Waals surface area contributed by atoms with E-state index in [-0.39, 0.29) is 12.4 Å². The van der Waals surface area contributed by atoms with Gasteiger partial charge in [-0.25, -0.2) is 0 Å². The number of halogens is 1. The van der Waals surface area contributed by atoms with E-state index in [0.29, 0.717) is 6.04 Å². The van der Waals surface area contributed by atoms with Gasteiger partial charge in [-0.1, -0.05) is 115 Å². The first-order valence-corrected chi connectivity index (χ1v) is 11.5. The van der Waals surface area contributed by atoms with Gasteiger partial charge in [-0.05, 0) is 25.6 Å². The molecule has 1 atom stereocenters. The van der Waals surface area contributed by atoms with Gasteiger partial charge in [0.25, 0.3) is 0 Å². The molecular formula is C24H46ClN. The lowest BCUT2D eigenvalue weighted by Gasteiger charge is -2.27. The maximum atomic E-state index is 2.46. The Hall–Kier alpha value is -0.430. The van der Waals surface area contributed by atoms with Gasteiger partial charge in [-0.2, -0.15) is 0 Å². The lowest BCUT2D eigenvalue weighted by atomic mass is 10.0. The summed E-state index contributed by atoms with van der Waals surface area (Å²) < 4.78 is 0. The Kier molecular flexibility index (Phi) is 19.0. The molecule has 1 unspecified atom stereocenters. The third-order valence-electron chi connectivity index (χ3n) is 5.57. The van der Waals surface area contributed by atoms with Crippen molar-refractivity contribution in [2.45, 2.75) is 123 Å². The van der Waals surface area contributed by atoms with Crippen LogP contribution in [0.3, 0.4) is 0 Å². The standard InChI is InChI=1S/C24H45N.ClH/c1-3-4-5-6-7-8-9-10-11-12-13-14-15-16-17-19-22-25-23-20-18-21-24(25)2;/h18,20-21,23-24H,3-17,19,22H2,1-2H3;1H. The van der Waals surface area contributed by atoms with E-state index in [4.69, 9.17) is 0 Å². The number of hydrogen-bond donors (Lipinski definition) is 0. The quantitative estimate of drug-likeness (QED) is 0.228. The average Bonchev–Trinajstić information content (AvgIpc) is 2.63. The van der Waals surface area contributed by atoms with E-state index in [1.807, 2.05) is 0 Å². The third kappa shape index (κ3) is 14.7. The molecule has 1 heterocycles. The number of nitrogens with zero attached hydrogens (tertiary/aromatic N) is 1. The summed E-state index contributed by atoms with van der Waals surface area (Å²) in [7, 11) is 0. The highest BCUT2D eigenvalue weighted by molar-refractivity contribution is 5.85. The van der Waals surface area contributed by atoms with Gasteiger partial charge in [0.15, 0.2) is 0 Å². The number of hydrogen-bond acceptors (Lipinski definition) is 1. The van der Waals surface area contributed by atoms with Gasteiger partial charge < -0.3 is 4.90 Å². The van der Waals surface area contributed by atoms with Crippen LogP contribution in [0.25, 0.3) is 0 Å². The molecule has 0 amide bonds. The molecular weight excluding hydrogens is 338 g/mol. The zero-order valence-corrected chi connectivity index (χ0v) is 18.6. The number of unbranched alkanes of at least 4 members (excludes halogenated alkanes) is 15.